The van der Waals surface area contributed by atoms with Crippen molar-refractivity contribution < 1.29 is 9.18 Å². The van der Waals surface area contributed by atoms with Crippen molar-refractivity contribution in [3.63, 3.8) is 0 Å². The number of rotatable bonds is 4. The number of carbonyl (C=O) groups is 1. The summed E-state index contributed by atoms with van der Waals surface area (Å²) in [5.41, 5.74) is 3.94. The Labute approximate surface area is 183 Å². The van der Waals surface area contributed by atoms with Crippen LogP contribution in [0.15, 0.2) is 85.3 Å². The highest BCUT2D eigenvalue weighted by Gasteiger charge is 2.13. The minimum absolute atomic E-state index is 0.263. The Balaban J connectivity index is 1.40. The largest absolute Gasteiger partial charge is 0.307 e. The molecule has 32 heavy (non-hydrogen) atoms. The lowest BCUT2D eigenvalue weighted by Gasteiger charge is -2.07. The first-order chi connectivity index (χ1) is 15.6. The van der Waals surface area contributed by atoms with Crippen LogP contribution in [0.2, 0.25) is 0 Å². The zero-order chi connectivity index (χ0) is 22.1. The Bertz CT molecular complexity index is 1450. The van der Waals surface area contributed by atoms with Crippen LogP contribution >= 0.6 is 0 Å². The van der Waals surface area contributed by atoms with Crippen molar-refractivity contribution in [3.05, 3.63) is 96.7 Å². The molecule has 2 aromatic carbocycles. The monoisotopic (exact) mass is 423 g/mol. The number of halogens is 1. The molecule has 7 heteroatoms. The van der Waals surface area contributed by atoms with E-state index in [2.05, 4.69) is 20.4 Å². The Morgan fingerprint density at radius 1 is 0.969 bits per heavy atom. The number of aromatic nitrogens is 4. The molecule has 0 radical (unpaired) electrons. The zero-order valence-electron chi connectivity index (χ0n) is 17.2. The van der Waals surface area contributed by atoms with E-state index in [0.717, 1.165) is 16.6 Å². The molecule has 0 atom stereocenters. The third-order valence-corrected chi connectivity index (χ3v) is 5.22. The fourth-order valence-corrected chi connectivity index (χ4v) is 3.54. The van der Waals surface area contributed by atoms with Crippen molar-refractivity contribution in [2.75, 3.05) is 5.32 Å². The van der Waals surface area contributed by atoms with Gasteiger partial charge >= 0.3 is 0 Å². The van der Waals surface area contributed by atoms with Crippen molar-refractivity contribution in [1.29, 1.82) is 0 Å². The number of fused-ring (bicyclic) bond motifs is 1. The molecule has 3 heterocycles. The molecule has 0 spiro atoms. The van der Waals surface area contributed by atoms with E-state index in [4.69, 9.17) is 0 Å². The van der Waals surface area contributed by atoms with Crippen LogP contribution in [0, 0.1) is 5.82 Å². The summed E-state index contributed by atoms with van der Waals surface area (Å²) in [7, 11) is 1.78. The number of nitrogens with zero attached hydrogens (tertiary/aromatic N) is 4. The number of hydrogen-bond acceptors (Lipinski definition) is 4. The Kier molecular flexibility index (Phi) is 4.91. The van der Waals surface area contributed by atoms with Gasteiger partial charge in [0.15, 0.2) is 0 Å². The summed E-state index contributed by atoms with van der Waals surface area (Å²) in [6, 6.07) is 20.3. The maximum atomic E-state index is 14.0. The van der Waals surface area contributed by atoms with E-state index in [1.54, 1.807) is 42.2 Å². The van der Waals surface area contributed by atoms with E-state index in [0.29, 0.717) is 28.0 Å². The molecule has 5 aromatic rings. The second-order valence-electron chi connectivity index (χ2n) is 7.35. The van der Waals surface area contributed by atoms with Crippen LogP contribution in [-0.4, -0.2) is 25.7 Å². The first kappa shape index (κ1) is 19.6. The topological polar surface area (TPSA) is 72.7 Å². The van der Waals surface area contributed by atoms with Gasteiger partial charge in [-0.1, -0.05) is 36.4 Å². The molecule has 0 unspecified atom stereocenters. The summed E-state index contributed by atoms with van der Waals surface area (Å²) < 4.78 is 15.7. The highest BCUT2D eigenvalue weighted by molar-refractivity contribution is 6.06. The van der Waals surface area contributed by atoms with Crippen molar-refractivity contribution in [2.45, 2.75) is 0 Å². The fourth-order valence-electron chi connectivity index (χ4n) is 3.54. The van der Waals surface area contributed by atoms with Crippen LogP contribution in [0.5, 0.6) is 0 Å². The third-order valence-electron chi connectivity index (χ3n) is 5.22. The minimum atomic E-state index is -0.407. The van der Waals surface area contributed by atoms with Gasteiger partial charge in [-0.15, -0.1) is 0 Å². The molecule has 0 aliphatic heterocycles. The van der Waals surface area contributed by atoms with Gasteiger partial charge in [0.2, 0.25) is 0 Å². The first-order valence-corrected chi connectivity index (χ1v) is 9.99. The van der Waals surface area contributed by atoms with E-state index in [-0.39, 0.29) is 5.91 Å². The molecule has 0 saturated heterocycles. The highest BCUT2D eigenvalue weighted by Crippen LogP contribution is 2.26. The minimum Gasteiger partial charge on any atom is -0.307 e. The van der Waals surface area contributed by atoms with Crippen molar-refractivity contribution in [2.24, 2.45) is 7.05 Å². The molecule has 0 aliphatic rings. The number of amides is 1. The third kappa shape index (κ3) is 3.72. The van der Waals surface area contributed by atoms with Crippen LogP contribution < -0.4 is 5.32 Å². The van der Waals surface area contributed by atoms with Gasteiger partial charge in [-0.05, 0) is 24.3 Å². The zero-order valence-corrected chi connectivity index (χ0v) is 17.2. The normalized spacial score (nSPS) is 10.9. The predicted molar refractivity (Wildman–Crippen MR) is 122 cm³/mol. The summed E-state index contributed by atoms with van der Waals surface area (Å²) >= 11 is 0. The van der Waals surface area contributed by atoms with Gasteiger partial charge in [-0.2, -0.15) is 5.10 Å². The summed E-state index contributed by atoms with van der Waals surface area (Å²) in [4.78, 5) is 21.1. The van der Waals surface area contributed by atoms with Gasteiger partial charge in [0, 0.05) is 53.1 Å². The van der Waals surface area contributed by atoms with Crippen molar-refractivity contribution >= 4 is 22.6 Å². The second kappa shape index (κ2) is 8.03. The van der Waals surface area contributed by atoms with E-state index >= 15 is 0 Å². The summed E-state index contributed by atoms with van der Waals surface area (Å²) in [5, 5.41) is 8.19. The Morgan fingerprint density at radius 2 is 1.81 bits per heavy atom. The molecule has 0 bridgehead atoms. The first-order valence-electron chi connectivity index (χ1n) is 9.99. The van der Waals surface area contributed by atoms with Crippen LogP contribution in [0.3, 0.4) is 0 Å². The van der Waals surface area contributed by atoms with Gasteiger partial charge in [0.1, 0.15) is 11.6 Å². The average Bonchev–Trinajstić information content (AvgIpc) is 3.19. The molecule has 5 rings (SSSR count). The molecule has 0 fully saturated rings. The standard InChI is InChI=1S/C25H18FN5O/c1-31-24(13-23(30-31)16-5-3-2-4-6-16)29-25(32)18-8-7-17-11-19(14-28-22(17)12-18)20-9-10-27-15-21(20)26/h2-15H,1H3,(H,29,32). The highest BCUT2D eigenvalue weighted by atomic mass is 19.1. The second-order valence-corrected chi connectivity index (χ2v) is 7.35. The molecule has 6 nitrogen and oxygen atoms in total. The lowest BCUT2D eigenvalue weighted by Crippen LogP contribution is -2.14. The Hall–Kier alpha value is -4.39. The number of carbonyl (C=O) groups excluding carboxylic acids is 1. The van der Waals surface area contributed by atoms with Gasteiger partial charge in [0.05, 0.1) is 17.4 Å². The molecular formula is C25H18FN5O. The summed E-state index contributed by atoms with van der Waals surface area (Å²) in [6.45, 7) is 0. The Morgan fingerprint density at radius 3 is 2.62 bits per heavy atom. The van der Waals surface area contributed by atoms with E-state index in [9.17, 15) is 9.18 Å². The quantitative estimate of drug-likeness (QED) is 0.437. The molecule has 1 N–H and O–H groups in total. The van der Waals surface area contributed by atoms with Crippen LogP contribution in [0.25, 0.3) is 33.3 Å². The summed E-state index contributed by atoms with van der Waals surface area (Å²) in [5.74, 6) is -0.0818. The van der Waals surface area contributed by atoms with E-state index in [1.807, 2.05) is 42.5 Å². The number of nitrogens with one attached hydrogen (secondary N) is 1. The lowest BCUT2D eigenvalue weighted by atomic mass is 10.0. The fraction of sp³-hybridized carbons (Fsp3) is 0.0400. The SMILES string of the molecule is Cn1nc(-c2ccccc2)cc1NC(=O)c1ccc2cc(-c3ccncc3F)cnc2c1. The predicted octanol–water partition coefficient (Wildman–Crippen LogP) is 5.09. The molecule has 0 saturated carbocycles. The number of anilines is 1. The van der Waals surface area contributed by atoms with Gasteiger partial charge in [-0.3, -0.25) is 19.4 Å². The smallest absolute Gasteiger partial charge is 0.256 e. The number of aryl methyl sites for hydroxylation is 1. The maximum Gasteiger partial charge on any atom is 0.256 e. The van der Waals surface area contributed by atoms with Crippen molar-refractivity contribution in [3.8, 4) is 22.4 Å². The van der Waals surface area contributed by atoms with Crippen LogP contribution in [0.1, 0.15) is 10.4 Å². The van der Waals surface area contributed by atoms with Gasteiger partial charge in [-0.25, -0.2) is 4.39 Å². The van der Waals surface area contributed by atoms with E-state index in [1.165, 1.54) is 12.4 Å². The molecule has 3 aromatic heterocycles. The van der Waals surface area contributed by atoms with Gasteiger partial charge < -0.3 is 5.32 Å². The average molecular weight is 423 g/mol. The van der Waals surface area contributed by atoms with Crippen molar-refractivity contribution in [1.82, 2.24) is 19.7 Å². The number of benzene rings is 2. The molecule has 0 aliphatic carbocycles. The number of pyridine rings is 2. The number of hydrogen-bond donors (Lipinski definition) is 1. The van der Waals surface area contributed by atoms with Crippen LogP contribution in [-0.2, 0) is 7.05 Å². The molecule has 156 valence electrons. The van der Waals surface area contributed by atoms with Crippen LogP contribution in [0.4, 0.5) is 10.2 Å². The maximum absolute atomic E-state index is 14.0. The lowest BCUT2D eigenvalue weighted by molar-refractivity contribution is 0.102. The molecular weight excluding hydrogens is 405 g/mol. The van der Waals surface area contributed by atoms with E-state index < -0.39 is 5.82 Å². The molecule has 1 amide bonds. The van der Waals surface area contributed by atoms with Gasteiger partial charge in [0.25, 0.3) is 5.91 Å². The summed E-state index contributed by atoms with van der Waals surface area (Å²) in [6.07, 6.45) is 4.31.